The monoisotopic (exact) mass is 685 g/mol. The highest BCUT2D eigenvalue weighted by Gasteiger charge is 2.40. The second-order valence-corrected chi connectivity index (χ2v) is 16.4. The van der Waals surface area contributed by atoms with Gasteiger partial charge in [-0.15, -0.1) is 0 Å². The minimum absolute atomic E-state index is 0.0558. The molecule has 44 heavy (non-hydrogen) atoms. The van der Waals surface area contributed by atoms with Gasteiger partial charge in [0.15, 0.2) is 0 Å². The van der Waals surface area contributed by atoms with Crippen molar-refractivity contribution in [3.8, 4) is 0 Å². The Bertz CT molecular complexity index is 758. The van der Waals surface area contributed by atoms with Crippen molar-refractivity contribution in [2.24, 2.45) is 0 Å². The van der Waals surface area contributed by atoms with Crippen LogP contribution in [0.4, 0.5) is 14.4 Å². The van der Waals surface area contributed by atoms with Crippen molar-refractivity contribution >= 4 is 53.6 Å². The molecule has 0 radical (unpaired) electrons. The third kappa shape index (κ3) is 28.3. The van der Waals surface area contributed by atoms with E-state index in [-0.39, 0.29) is 36.5 Å². The number of thioether (sulfide) groups is 3. The molecule has 0 saturated carbocycles. The molecule has 1 saturated heterocycles. The van der Waals surface area contributed by atoms with Crippen LogP contribution in [0.2, 0.25) is 0 Å². The van der Waals surface area contributed by atoms with E-state index in [1.54, 1.807) is 28.4 Å². The van der Waals surface area contributed by atoms with Crippen molar-refractivity contribution in [2.45, 2.75) is 130 Å². The predicted molar refractivity (Wildman–Crippen MR) is 189 cm³/mol. The first-order valence-electron chi connectivity index (χ1n) is 15.3. The number of aliphatic hydroxyl groups excluding tert-OH is 1. The first-order valence-corrected chi connectivity index (χ1v) is 19.5. The number of alkyl carbamates (subject to hydrolysis) is 2. The maximum atomic E-state index is 11.5. The van der Waals surface area contributed by atoms with Crippen LogP contribution in [0.1, 0.15) is 94.9 Å². The highest BCUT2D eigenvalue weighted by atomic mass is 32.2. The summed E-state index contributed by atoms with van der Waals surface area (Å²) in [6, 6.07) is 0.442. The maximum absolute atomic E-state index is 11.5. The summed E-state index contributed by atoms with van der Waals surface area (Å²) in [5.74, 6) is 3.08. The largest absolute Gasteiger partial charge is 0.444 e. The van der Waals surface area contributed by atoms with E-state index in [0.717, 1.165) is 49.5 Å². The smallest absolute Gasteiger partial charge is 0.410 e. The SMILES string of the molecule is CC[C@H](CCSC)NC(=O)OC(C)(C)C.CSCC[C@@H](CO)NC(=O)OC(C)(C)C.CSCC[C@H]1CN1C(=O)OC(C)(C)C. The Kier molecular flexibility index (Phi) is 23.7. The minimum atomic E-state index is -0.496. The Morgan fingerprint density at radius 1 is 0.750 bits per heavy atom. The predicted octanol–water partition coefficient (Wildman–Crippen LogP) is 7.03. The molecule has 10 nitrogen and oxygen atoms in total. The molecular weight excluding hydrogens is 623 g/mol. The van der Waals surface area contributed by atoms with Gasteiger partial charge in [-0.25, -0.2) is 14.4 Å². The Morgan fingerprint density at radius 3 is 1.52 bits per heavy atom. The molecule has 0 unspecified atom stereocenters. The van der Waals surface area contributed by atoms with Crippen molar-refractivity contribution in [3.05, 3.63) is 0 Å². The third-order valence-electron chi connectivity index (χ3n) is 5.49. The fraction of sp³-hybridized carbons (Fsp3) is 0.903. The quantitative estimate of drug-likeness (QED) is 0.137. The molecular formula is C31H63N3O7S3. The van der Waals surface area contributed by atoms with Crippen molar-refractivity contribution in [2.75, 3.05) is 49.2 Å². The Morgan fingerprint density at radius 2 is 1.16 bits per heavy atom. The zero-order valence-electron chi connectivity index (χ0n) is 29.7. The summed E-state index contributed by atoms with van der Waals surface area (Å²) in [5, 5.41) is 14.5. The van der Waals surface area contributed by atoms with Gasteiger partial charge < -0.3 is 34.9 Å². The topological polar surface area (TPSA) is 126 Å². The standard InChI is InChI=1S/C11H23NO2S.C10H21NO3S.C10H19NO2S/c1-6-9(7-8-15-5)12-10(13)14-11(2,3)4;1-10(2,3)14-9(13)11-8(7-12)5-6-15-4;1-10(2,3)13-9(12)11-7-8(11)5-6-14-4/h9H,6-8H2,1-5H3,(H,12,13);8,12H,5-7H2,1-4H3,(H,11,13);8H,5-7H2,1-4H3/t9-;8-;8-,11?/m100/s1. The van der Waals surface area contributed by atoms with Crippen LogP contribution >= 0.6 is 35.3 Å². The number of amides is 3. The third-order valence-corrected chi connectivity index (χ3v) is 7.43. The molecule has 1 fully saturated rings. The molecule has 0 aromatic heterocycles. The fourth-order valence-corrected chi connectivity index (χ4v) is 4.83. The molecule has 0 spiro atoms. The first kappa shape index (κ1) is 44.9. The number of nitrogens with zero attached hydrogens (tertiary/aromatic N) is 1. The van der Waals surface area contributed by atoms with Crippen molar-refractivity contribution < 1.29 is 33.7 Å². The van der Waals surface area contributed by atoms with Crippen LogP contribution in [0.5, 0.6) is 0 Å². The number of carbonyl (C=O) groups excluding carboxylic acids is 3. The van der Waals surface area contributed by atoms with Crippen molar-refractivity contribution in [3.63, 3.8) is 0 Å². The number of rotatable bonds is 13. The lowest BCUT2D eigenvalue weighted by Crippen LogP contribution is -2.41. The maximum Gasteiger partial charge on any atom is 0.410 e. The molecule has 3 amide bonds. The summed E-state index contributed by atoms with van der Waals surface area (Å²) < 4.78 is 15.5. The van der Waals surface area contributed by atoms with Gasteiger partial charge in [-0.2, -0.15) is 35.3 Å². The van der Waals surface area contributed by atoms with Crippen LogP contribution in [0, 0.1) is 0 Å². The minimum Gasteiger partial charge on any atom is -0.444 e. The molecule has 1 aliphatic rings. The summed E-state index contributed by atoms with van der Waals surface area (Å²) in [5.41, 5.74) is -1.28. The van der Waals surface area contributed by atoms with E-state index in [4.69, 9.17) is 19.3 Å². The number of ether oxygens (including phenoxy) is 3. The molecule has 0 aliphatic carbocycles. The van der Waals surface area contributed by atoms with Gasteiger partial charge in [-0.05, 0) is 124 Å². The molecule has 3 atom stereocenters. The van der Waals surface area contributed by atoms with Gasteiger partial charge >= 0.3 is 18.3 Å². The zero-order chi connectivity index (χ0) is 34.6. The van der Waals surface area contributed by atoms with E-state index < -0.39 is 17.3 Å². The normalized spacial score (nSPS) is 15.8. The van der Waals surface area contributed by atoms with E-state index in [1.807, 2.05) is 80.3 Å². The second kappa shape index (κ2) is 23.2. The molecule has 0 aromatic carbocycles. The van der Waals surface area contributed by atoms with Gasteiger partial charge in [0, 0.05) is 12.6 Å². The fourth-order valence-electron chi connectivity index (χ4n) is 3.28. The highest BCUT2D eigenvalue weighted by molar-refractivity contribution is 7.98. The van der Waals surface area contributed by atoms with Gasteiger partial charge in [-0.3, -0.25) is 0 Å². The summed E-state index contributed by atoms with van der Waals surface area (Å²) in [6.07, 6.45) is 8.97. The molecule has 13 heteroatoms. The number of hydrogen-bond acceptors (Lipinski definition) is 10. The number of hydrogen-bond donors (Lipinski definition) is 3. The lowest BCUT2D eigenvalue weighted by molar-refractivity contribution is 0.0404. The molecule has 0 bridgehead atoms. The van der Waals surface area contributed by atoms with Gasteiger partial charge in [0.25, 0.3) is 0 Å². The molecule has 262 valence electrons. The van der Waals surface area contributed by atoms with Crippen molar-refractivity contribution in [1.82, 2.24) is 15.5 Å². The molecule has 1 aliphatic heterocycles. The average Bonchev–Trinajstić information content (AvgIpc) is 3.65. The zero-order valence-corrected chi connectivity index (χ0v) is 32.1. The molecule has 1 heterocycles. The van der Waals surface area contributed by atoms with Gasteiger partial charge in [0.1, 0.15) is 16.8 Å². The lowest BCUT2D eigenvalue weighted by atomic mass is 10.2. The first-order chi connectivity index (χ1) is 20.2. The number of aliphatic hydroxyl groups is 1. The van der Waals surface area contributed by atoms with Crippen LogP contribution in [0.25, 0.3) is 0 Å². The second-order valence-electron chi connectivity index (χ2n) is 13.4. The molecule has 0 aromatic rings. The molecule has 3 N–H and O–H groups in total. The summed E-state index contributed by atoms with van der Waals surface area (Å²) in [7, 11) is 0. The summed E-state index contributed by atoms with van der Waals surface area (Å²) in [4.78, 5) is 36.1. The van der Waals surface area contributed by atoms with Crippen LogP contribution in [-0.4, -0.2) is 112 Å². The Hall–Kier alpha value is -1.18. The Balaban J connectivity index is 0. The number of nitrogens with one attached hydrogen (secondary N) is 2. The molecule has 1 rings (SSSR count). The van der Waals surface area contributed by atoms with Crippen LogP contribution in [0.3, 0.4) is 0 Å². The van der Waals surface area contributed by atoms with Gasteiger partial charge in [0.2, 0.25) is 0 Å². The van der Waals surface area contributed by atoms with Gasteiger partial charge in [0.05, 0.1) is 18.7 Å². The average molecular weight is 686 g/mol. The van der Waals surface area contributed by atoms with E-state index in [0.29, 0.717) is 6.04 Å². The van der Waals surface area contributed by atoms with Crippen LogP contribution < -0.4 is 10.6 Å². The number of carbonyl (C=O) groups is 3. The van der Waals surface area contributed by atoms with E-state index >= 15 is 0 Å². The lowest BCUT2D eigenvalue weighted by Gasteiger charge is -2.22. The Labute approximate surface area is 281 Å². The summed E-state index contributed by atoms with van der Waals surface area (Å²) in [6.45, 7) is 19.6. The van der Waals surface area contributed by atoms with E-state index in [9.17, 15) is 14.4 Å². The van der Waals surface area contributed by atoms with E-state index in [2.05, 4.69) is 30.1 Å². The van der Waals surface area contributed by atoms with Crippen molar-refractivity contribution in [1.29, 1.82) is 0 Å². The summed E-state index contributed by atoms with van der Waals surface area (Å²) >= 11 is 5.29. The van der Waals surface area contributed by atoms with Gasteiger partial charge in [-0.1, -0.05) is 6.92 Å². The van der Waals surface area contributed by atoms with Crippen LogP contribution in [0.15, 0.2) is 0 Å². The highest BCUT2D eigenvalue weighted by Crippen LogP contribution is 2.25. The van der Waals surface area contributed by atoms with E-state index in [1.165, 1.54) is 0 Å². The van der Waals surface area contributed by atoms with Crippen LogP contribution in [-0.2, 0) is 14.2 Å².